The predicted molar refractivity (Wildman–Crippen MR) is 68.4 cm³/mol. The molecule has 0 spiro atoms. The summed E-state index contributed by atoms with van der Waals surface area (Å²) in [5.41, 5.74) is 0.766. The van der Waals surface area contributed by atoms with Gasteiger partial charge >= 0.3 is 59.1 Å². The van der Waals surface area contributed by atoms with Gasteiger partial charge in [0, 0.05) is 29.8 Å². The summed E-state index contributed by atoms with van der Waals surface area (Å²) < 4.78 is 0. The van der Waals surface area contributed by atoms with Gasteiger partial charge in [0.1, 0.15) is 5.82 Å². The molecule has 2 rings (SSSR count). The van der Waals surface area contributed by atoms with E-state index in [9.17, 15) is 19.8 Å². The number of aliphatic carboxylic acids is 2. The van der Waals surface area contributed by atoms with E-state index in [-0.39, 0.29) is 65.7 Å². The summed E-state index contributed by atoms with van der Waals surface area (Å²) in [6.45, 7) is -0.0817. The van der Waals surface area contributed by atoms with E-state index in [1.807, 2.05) is 30.3 Å². The SMILES string of the molecule is O=C([O-])CC(CNc1ccc2ccccc2n1)C(=O)[O-].[Na+].[Na+]. The van der Waals surface area contributed by atoms with E-state index in [1.165, 1.54) is 0 Å². The van der Waals surface area contributed by atoms with Crippen LogP contribution in [-0.4, -0.2) is 23.5 Å². The summed E-state index contributed by atoms with van der Waals surface area (Å²) in [7, 11) is 0. The maximum atomic E-state index is 10.8. The van der Waals surface area contributed by atoms with Gasteiger partial charge in [0.15, 0.2) is 0 Å². The Bertz CT molecular complexity index is 652. The molecule has 0 aliphatic heterocycles. The molecule has 1 atom stereocenters. The van der Waals surface area contributed by atoms with Crippen LogP contribution in [0.3, 0.4) is 0 Å². The molecule has 0 saturated heterocycles. The van der Waals surface area contributed by atoms with Crippen LogP contribution in [0.1, 0.15) is 6.42 Å². The molecule has 0 radical (unpaired) electrons. The van der Waals surface area contributed by atoms with Crippen LogP contribution in [0.15, 0.2) is 36.4 Å². The second kappa shape index (κ2) is 10.2. The number of hydrogen-bond donors (Lipinski definition) is 1. The summed E-state index contributed by atoms with van der Waals surface area (Å²) in [6, 6.07) is 11.0. The van der Waals surface area contributed by atoms with Gasteiger partial charge in [-0.15, -0.1) is 0 Å². The summed E-state index contributed by atoms with van der Waals surface area (Å²) in [4.78, 5) is 25.6. The monoisotopic (exact) mass is 318 g/mol. The van der Waals surface area contributed by atoms with Crippen molar-refractivity contribution in [3.05, 3.63) is 36.4 Å². The van der Waals surface area contributed by atoms with Crippen LogP contribution in [0.4, 0.5) is 5.82 Å². The molecule has 6 nitrogen and oxygen atoms in total. The molecule has 1 aromatic carbocycles. The first-order valence-electron chi connectivity index (χ1n) is 6.06. The van der Waals surface area contributed by atoms with Crippen LogP contribution in [0, 0.1) is 5.92 Å². The molecule has 1 heterocycles. The van der Waals surface area contributed by atoms with Crippen LogP contribution in [0.5, 0.6) is 0 Å². The Morgan fingerprint density at radius 3 is 2.41 bits per heavy atom. The molecule has 1 unspecified atom stereocenters. The van der Waals surface area contributed by atoms with Crippen molar-refractivity contribution in [1.82, 2.24) is 4.98 Å². The fourth-order valence-electron chi connectivity index (χ4n) is 1.83. The second-order valence-corrected chi connectivity index (χ2v) is 4.36. The number of anilines is 1. The van der Waals surface area contributed by atoms with Gasteiger partial charge in [-0.05, 0) is 24.6 Å². The minimum Gasteiger partial charge on any atom is -0.550 e. The van der Waals surface area contributed by atoms with Crippen molar-refractivity contribution in [3.63, 3.8) is 0 Å². The van der Waals surface area contributed by atoms with E-state index in [0.717, 1.165) is 10.9 Å². The Morgan fingerprint density at radius 1 is 1.09 bits per heavy atom. The normalized spacial score (nSPS) is 10.9. The number of carbonyl (C=O) groups excluding carboxylic acids is 2. The molecule has 0 aliphatic carbocycles. The molecule has 8 heteroatoms. The van der Waals surface area contributed by atoms with E-state index < -0.39 is 24.3 Å². The van der Waals surface area contributed by atoms with Gasteiger partial charge in [0.25, 0.3) is 0 Å². The molecular formula is C14H12N2Na2O4. The number of nitrogens with one attached hydrogen (secondary N) is 1. The van der Waals surface area contributed by atoms with Gasteiger partial charge < -0.3 is 25.1 Å². The van der Waals surface area contributed by atoms with E-state index >= 15 is 0 Å². The van der Waals surface area contributed by atoms with Crippen molar-refractivity contribution in [2.45, 2.75) is 6.42 Å². The average molecular weight is 318 g/mol. The summed E-state index contributed by atoms with van der Waals surface area (Å²) >= 11 is 0. The number of para-hydroxylation sites is 1. The van der Waals surface area contributed by atoms with Gasteiger partial charge in [-0.2, -0.15) is 0 Å². The minimum atomic E-state index is -1.43. The molecule has 1 aromatic heterocycles. The Labute approximate surface area is 171 Å². The van der Waals surface area contributed by atoms with Crippen LogP contribution < -0.4 is 74.6 Å². The maximum absolute atomic E-state index is 10.8. The number of aromatic nitrogens is 1. The third kappa shape index (κ3) is 6.24. The first-order valence-corrected chi connectivity index (χ1v) is 6.06. The van der Waals surface area contributed by atoms with Crippen LogP contribution in [-0.2, 0) is 9.59 Å². The predicted octanol–water partition coefficient (Wildman–Crippen LogP) is -6.84. The van der Waals surface area contributed by atoms with Crippen molar-refractivity contribution in [1.29, 1.82) is 0 Å². The second-order valence-electron chi connectivity index (χ2n) is 4.36. The number of carbonyl (C=O) groups is 2. The van der Waals surface area contributed by atoms with Crippen LogP contribution >= 0.6 is 0 Å². The molecular weight excluding hydrogens is 306 g/mol. The Morgan fingerprint density at radius 2 is 1.77 bits per heavy atom. The van der Waals surface area contributed by atoms with Crippen LogP contribution in [0.2, 0.25) is 0 Å². The van der Waals surface area contributed by atoms with E-state index in [4.69, 9.17) is 0 Å². The van der Waals surface area contributed by atoms with Crippen molar-refractivity contribution in [2.24, 2.45) is 5.92 Å². The zero-order valence-corrected chi connectivity index (χ0v) is 16.5. The molecule has 0 fully saturated rings. The first-order chi connectivity index (χ1) is 9.56. The minimum absolute atomic E-state index is 0. The van der Waals surface area contributed by atoms with Gasteiger partial charge in [-0.1, -0.05) is 18.2 Å². The molecule has 0 bridgehead atoms. The van der Waals surface area contributed by atoms with Crippen molar-refractivity contribution >= 4 is 28.7 Å². The number of fused-ring (bicyclic) bond motifs is 1. The molecule has 0 aliphatic rings. The first kappa shape index (κ1) is 21.4. The Kier molecular flexibility index (Phi) is 9.91. The summed E-state index contributed by atoms with van der Waals surface area (Å²) in [5, 5.41) is 25.0. The van der Waals surface area contributed by atoms with Gasteiger partial charge in [-0.3, -0.25) is 0 Å². The quantitative estimate of drug-likeness (QED) is 0.531. The third-order valence-electron chi connectivity index (χ3n) is 2.87. The zero-order chi connectivity index (χ0) is 14.5. The molecule has 22 heavy (non-hydrogen) atoms. The zero-order valence-electron chi connectivity index (χ0n) is 12.5. The topological polar surface area (TPSA) is 105 Å². The van der Waals surface area contributed by atoms with Gasteiger partial charge in [0.05, 0.1) is 5.52 Å². The average Bonchev–Trinajstić information content (AvgIpc) is 2.42. The number of hydrogen-bond acceptors (Lipinski definition) is 6. The van der Waals surface area contributed by atoms with E-state index in [1.54, 1.807) is 6.07 Å². The largest absolute Gasteiger partial charge is 1.00 e. The standard InChI is InChI=1S/C14H14N2O4.2Na/c17-13(18)7-10(14(19)20)8-15-12-6-5-9-3-1-2-4-11(9)16-12;;/h1-6,10H,7-8H2,(H,15,16)(H,17,18)(H,19,20);;/q;2*+1/p-2. The molecule has 1 N–H and O–H groups in total. The molecule has 2 aromatic rings. The van der Waals surface area contributed by atoms with Gasteiger partial charge in [0.2, 0.25) is 0 Å². The van der Waals surface area contributed by atoms with Crippen molar-refractivity contribution in [3.8, 4) is 0 Å². The van der Waals surface area contributed by atoms with Crippen molar-refractivity contribution in [2.75, 3.05) is 11.9 Å². The Hall–Kier alpha value is -0.630. The van der Waals surface area contributed by atoms with E-state index in [0.29, 0.717) is 5.82 Å². The number of rotatable bonds is 6. The molecule has 0 saturated carbocycles. The summed E-state index contributed by atoms with van der Waals surface area (Å²) in [6.07, 6.45) is -0.594. The van der Waals surface area contributed by atoms with E-state index in [2.05, 4.69) is 10.3 Å². The molecule has 104 valence electrons. The van der Waals surface area contributed by atoms with Crippen molar-refractivity contribution < 1.29 is 78.9 Å². The fraction of sp³-hybridized carbons (Fsp3) is 0.214. The molecule has 0 amide bonds. The number of benzene rings is 1. The maximum Gasteiger partial charge on any atom is 1.00 e. The fourth-order valence-corrected chi connectivity index (χ4v) is 1.83. The summed E-state index contributed by atoms with van der Waals surface area (Å²) in [5.74, 6) is -3.53. The number of carboxylic acids is 2. The van der Waals surface area contributed by atoms with Crippen LogP contribution in [0.25, 0.3) is 10.9 Å². The third-order valence-corrected chi connectivity index (χ3v) is 2.87. The smallest absolute Gasteiger partial charge is 0.550 e. The van der Waals surface area contributed by atoms with Gasteiger partial charge in [-0.25, -0.2) is 4.98 Å². The Balaban J connectivity index is 0.00000220. The number of pyridine rings is 1. The number of nitrogens with zero attached hydrogens (tertiary/aromatic N) is 1. The number of carboxylic acid groups (broad SMARTS) is 2.